The summed E-state index contributed by atoms with van der Waals surface area (Å²) in [5.74, 6) is 0.377. The van der Waals surface area contributed by atoms with Gasteiger partial charge in [0, 0.05) is 11.8 Å². The van der Waals surface area contributed by atoms with Gasteiger partial charge >= 0.3 is 0 Å². The normalized spacial score (nSPS) is 11.2. The first-order chi connectivity index (χ1) is 13.8. The molecule has 0 saturated heterocycles. The van der Waals surface area contributed by atoms with Crippen LogP contribution in [0.1, 0.15) is 29.4 Å². The van der Waals surface area contributed by atoms with E-state index in [1.807, 2.05) is 60.7 Å². The van der Waals surface area contributed by atoms with E-state index in [2.05, 4.69) is 27.6 Å². The third-order valence-corrected chi connectivity index (χ3v) is 3.86. The molecule has 28 heavy (non-hydrogen) atoms. The predicted molar refractivity (Wildman–Crippen MR) is 111 cm³/mol. The highest BCUT2D eigenvalue weighted by molar-refractivity contribution is 5.94. The summed E-state index contributed by atoms with van der Waals surface area (Å²) in [5, 5.41) is 10.9. The van der Waals surface area contributed by atoms with Crippen molar-refractivity contribution < 1.29 is 9.53 Å². The van der Waals surface area contributed by atoms with E-state index < -0.39 is 0 Å². The van der Waals surface area contributed by atoms with Crippen LogP contribution in [0, 0.1) is 0 Å². The van der Waals surface area contributed by atoms with Crippen molar-refractivity contribution in [1.82, 2.24) is 15.6 Å². The van der Waals surface area contributed by atoms with Gasteiger partial charge in [0.2, 0.25) is 0 Å². The Morgan fingerprint density at radius 2 is 1.96 bits per heavy atom. The molecule has 0 aliphatic heterocycles. The molecule has 3 rings (SSSR count). The minimum atomic E-state index is -0.366. The number of para-hydroxylation sites is 1. The lowest BCUT2D eigenvalue weighted by atomic mass is 10.1. The van der Waals surface area contributed by atoms with Gasteiger partial charge in [-0.3, -0.25) is 9.89 Å². The first-order valence-electron chi connectivity index (χ1n) is 9.10. The number of nitrogens with zero attached hydrogens (tertiary/aromatic N) is 2. The van der Waals surface area contributed by atoms with Crippen molar-refractivity contribution in [3.63, 3.8) is 0 Å². The zero-order valence-corrected chi connectivity index (χ0v) is 15.6. The fourth-order valence-electron chi connectivity index (χ4n) is 2.51. The lowest BCUT2D eigenvalue weighted by Crippen LogP contribution is -2.17. The molecule has 0 aliphatic rings. The minimum absolute atomic E-state index is 0.324. The van der Waals surface area contributed by atoms with Gasteiger partial charge in [0.15, 0.2) is 0 Å². The fourth-order valence-corrected chi connectivity index (χ4v) is 2.51. The highest BCUT2D eigenvalue weighted by Gasteiger charge is 2.13. The second-order valence-corrected chi connectivity index (χ2v) is 6.00. The molecule has 1 heterocycles. The number of carbonyl (C=O) groups excluding carboxylic acids is 1. The van der Waals surface area contributed by atoms with Crippen LogP contribution in [-0.4, -0.2) is 28.9 Å². The molecular weight excluding hydrogens is 352 g/mol. The molecule has 0 bridgehead atoms. The van der Waals surface area contributed by atoms with Crippen LogP contribution in [0.3, 0.4) is 0 Å². The van der Waals surface area contributed by atoms with Gasteiger partial charge in [-0.2, -0.15) is 10.2 Å². The van der Waals surface area contributed by atoms with Crippen LogP contribution in [0.2, 0.25) is 0 Å². The van der Waals surface area contributed by atoms with E-state index in [0.717, 1.165) is 23.3 Å². The Morgan fingerprint density at radius 1 is 1.18 bits per heavy atom. The average molecular weight is 374 g/mol. The van der Waals surface area contributed by atoms with Crippen LogP contribution >= 0.6 is 0 Å². The van der Waals surface area contributed by atoms with E-state index in [9.17, 15) is 4.79 Å². The molecular formula is C22H22N4O2. The van der Waals surface area contributed by atoms with Crippen molar-refractivity contribution in [3.05, 3.63) is 78.0 Å². The van der Waals surface area contributed by atoms with E-state index in [0.29, 0.717) is 18.0 Å². The number of rotatable bonds is 8. The summed E-state index contributed by atoms with van der Waals surface area (Å²) in [4.78, 5) is 12.2. The zero-order chi connectivity index (χ0) is 19.6. The van der Waals surface area contributed by atoms with Crippen molar-refractivity contribution in [3.8, 4) is 17.0 Å². The van der Waals surface area contributed by atoms with Crippen LogP contribution in [-0.2, 0) is 0 Å². The molecule has 1 aromatic heterocycles. The monoisotopic (exact) mass is 374 g/mol. The molecule has 0 unspecified atom stereocenters. The Balaban J connectivity index is 1.61. The zero-order valence-electron chi connectivity index (χ0n) is 15.6. The summed E-state index contributed by atoms with van der Waals surface area (Å²) in [6, 6.07) is 19.1. The van der Waals surface area contributed by atoms with Crippen LogP contribution in [0.4, 0.5) is 0 Å². The van der Waals surface area contributed by atoms with E-state index >= 15 is 0 Å². The van der Waals surface area contributed by atoms with E-state index in [4.69, 9.17) is 4.74 Å². The molecule has 0 saturated carbocycles. The van der Waals surface area contributed by atoms with Gasteiger partial charge in [-0.05, 0) is 36.3 Å². The molecule has 2 aromatic carbocycles. The predicted octanol–water partition coefficient (Wildman–Crippen LogP) is 4.29. The van der Waals surface area contributed by atoms with Gasteiger partial charge in [0.25, 0.3) is 5.91 Å². The van der Waals surface area contributed by atoms with Gasteiger partial charge in [-0.1, -0.05) is 55.5 Å². The maximum absolute atomic E-state index is 12.2. The van der Waals surface area contributed by atoms with E-state index in [-0.39, 0.29) is 5.91 Å². The van der Waals surface area contributed by atoms with Gasteiger partial charge < -0.3 is 4.74 Å². The third kappa shape index (κ3) is 5.17. The van der Waals surface area contributed by atoms with Crippen molar-refractivity contribution in [2.45, 2.75) is 13.3 Å². The van der Waals surface area contributed by atoms with Crippen molar-refractivity contribution in [2.75, 3.05) is 6.61 Å². The number of hydrogen-bond acceptors (Lipinski definition) is 4. The number of H-pyrrole nitrogens is 1. The summed E-state index contributed by atoms with van der Waals surface area (Å²) >= 11 is 0. The van der Waals surface area contributed by atoms with E-state index in [1.54, 1.807) is 12.1 Å². The minimum Gasteiger partial charge on any atom is -0.493 e. The number of ether oxygens (including phenoxy) is 1. The maximum Gasteiger partial charge on any atom is 0.289 e. The number of allylic oxidation sites excluding steroid dienone is 1. The Bertz CT molecular complexity index is 961. The molecule has 0 aliphatic carbocycles. The van der Waals surface area contributed by atoms with Gasteiger partial charge in [0.05, 0.1) is 12.3 Å². The molecule has 6 nitrogen and oxygen atoms in total. The molecule has 0 spiro atoms. The third-order valence-electron chi connectivity index (χ3n) is 3.86. The first kappa shape index (κ1) is 19.1. The van der Waals surface area contributed by atoms with Crippen LogP contribution in [0.15, 0.2) is 71.8 Å². The number of carbonyl (C=O) groups is 1. The fraction of sp³-hybridized carbons (Fsp3) is 0.136. The van der Waals surface area contributed by atoms with E-state index in [1.165, 1.54) is 6.21 Å². The second kappa shape index (κ2) is 9.87. The number of hydrogen-bond donors (Lipinski definition) is 2. The SMILES string of the molecule is CCCOc1ccccc1-c1cc(C(=O)N/N=C/C=C/c2ccccc2)[nH]n1. The highest BCUT2D eigenvalue weighted by Crippen LogP contribution is 2.28. The lowest BCUT2D eigenvalue weighted by molar-refractivity contribution is 0.0950. The van der Waals surface area contributed by atoms with Gasteiger partial charge in [-0.15, -0.1) is 0 Å². The van der Waals surface area contributed by atoms with Crippen molar-refractivity contribution in [2.24, 2.45) is 5.10 Å². The number of aromatic amines is 1. The van der Waals surface area contributed by atoms with Crippen LogP contribution < -0.4 is 10.2 Å². The number of hydrazone groups is 1. The smallest absolute Gasteiger partial charge is 0.289 e. The molecule has 142 valence electrons. The van der Waals surface area contributed by atoms with Crippen molar-refractivity contribution in [1.29, 1.82) is 0 Å². The number of nitrogens with one attached hydrogen (secondary N) is 2. The highest BCUT2D eigenvalue weighted by atomic mass is 16.5. The Kier molecular flexibility index (Phi) is 6.73. The summed E-state index contributed by atoms with van der Waals surface area (Å²) in [5.41, 5.74) is 5.33. The number of benzene rings is 2. The quantitative estimate of drug-likeness (QED) is 0.456. The van der Waals surface area contributed by atoms with Crippen LogP contribution in [0.25, 0.3) is 17.3 Å². The molecule has 0 fully saturated rings. The first-order valence-corrected chi connectivity index (χ1v) is 9.10. The summed E-state index contributed by atoms with van der Waals surface area (Å²) in [7, 11) is 0. The Labute approximate surface area is 163 Å². The molecule has 2 N–H and O–H groups in total. The second-order valence-electron chi connectivity index (χ2n) is 6.00. The van der Waals surface area contributed by atoms with Gasteiger partial charge in [-0.25, -0.2) is 5.43 Å². The van der Waals surface area contributed by atoms with Crippen molar-refractivity contribution >= 4 is 18.2 Å². The summed E-state index contributed by atoms with van der Waals surface area (Å²) < 4.78 is 5.75. The average Bonchev–Trinajstić information content (AvgIpc) is 3.23. The van der Waals surface area contributed by atoms with Gasteiger partial charge in [0.1, 0.15) is 11.4 Å². The maximum atomic E-state index is 12.2. The summed E-state index contributed by atoms with van der Waals surface area (Å²) in [6.45, 7) is 2.68. The molecule has 0 atom stereocenters. The lowest BCUT2D eigenvalue weighted by Gasteiger charge is -2.08. The molecule has 3 aromatic rings. The summed E-state index contributed by atoms with van der Waals surface area (Å²) in [6.07, 6.45) is 6.10. The largest absolute Gasteiger partial charge is 0.493 e. The molecule has 6 heteroatoms. The Morgan fingerprint density at radius 3 is 2.79 bits per heavy atom. The topological polar surface area (TPSA) is 79.4 Å². The molecule has 1 amide bonds. The Hall–Kier alpha value is -3.67. The number of amides is 1. The van der Waals surface area contributed by atoms with Crippen LogP contribution in [0.5, 0.6) is 5.75 Å². The standard InChI is InChI=1S/C22H22N4O2/c1-2-15-28-21-13-7-6-12-18(21)19-16-20(25-24-19)22(27)26-23-14-8-11-17-9-4-3-5-10-17/h3-14,16H,2,15H2,1H3,(H,24,25)(H,26,27)/b11-8+,23-14+. The number of aromatic nitrogens is 2. The molecule has 0 radical (unpaired) electrons.